The lowest BCUT2D eigenvalue weighted by molar-refractivity contribution is -0.130. The Morgan fingerprint density at radius 2 is 1.86 bits per heavy atom. The molecule has 6 rings (SSSR count). The van der Waals surface area contributed by atoms with E-state index >= 15 is 0 Å². The number of aryl methyl sites for hydroxylation is 1. The fourth-order valence-corrected chi connectivity index (χ4v) is 5.49. The molecular formula is C24H28ClN9O. The average molecular weight is 494 g/mol. The smallest absolute Gasteiger partial charge is 0.236 e. The van der Waals surface area contributed by atoms with Crippen molar-refractivity contribution in [3.8, 4) is 5.69 Å². The minimum absolute atomic E-state index is 0.0542. The van der Waals surface area contributed by atoms with Crippen LogP contribution in [0.15, 0.2) is 30.5 Å². The highest BCUT2D eigenvalue weighted by atomic mass is 35.5. The molecule has 0 saturated carbocycles. The molecule has 2 saturated heterocycles. The molecule has 3 aliphatic rings. The summed E-state index contributed by atoms with van der Waals surface area (Å²) in [6.45, 7) is 7.18. The second kappa shape index (κ2) is 8.17. The third-order valence-electron chi connectivity index (χ3n) is 7.06. The van der Waals surface area contributed by atoms with E-state index in [2.05, 4.69) is 39.4 Å². The number of carbonyl (C=O) groups excluding carboxylic acids is 1. The molecule has 11 heteroatoms. The Morgan fingerprint density at radius 3 is 2.60 bits per heavy atom. The van der Waals surface area contributed by atoms with Gasteiger partial charge in [-0.2, -0.15) is 0 Å². The van der Waals surface area contributed by atoms with Crippen LogP contribution >= 0.6 is 11.6 Å². The van der Waals surface area contributed by atoms with Gasteiger partial charge in [-0.3, -0.25) is 14.3 Å². The topological polar surface area (TPSA) is 86.5 Å². The summed E-state index contributed by atoms with van der Waals surface area (Å²) in [5.74, 6) is 2.54. The quantitative estimate of drug-likeness (QED) is 0.543. The van der Waals surface area contributed by atoms with Gasteiger partial charge >= 0.3 is 0 Å². The second-order valence-corrected chi connectivity index (χ2v) is 10.6. The molecule has 0 aliphatic carbocycles. The molecule has 1 aromatic carbocycles. The number of aromatic nitrogens is 5. The summed E-state index contributed by atoms with van der Waals surface area (Å²) in [5, 5.41) is 9.82. The molecule has 0 unspecified atom stereocenters. The molecular weight excluding hydrogens is 466 g/mol. The first-order chi connectivity index (χ1) is 16.8. The normalized spacial score (nSPS) is 18.4. The van der Waals surface area contributed by atoms with E-state index in [4.69, 9.17) is 11.6 Å². The van der Waals surface area contributed by atoms with Gasteiger partial charge in [0.05, 0.1) is 18.8 Å². The van der Waals surface area contributed by atoms with Crippen LogP contribution in [0.3, 0.4) is 0 Å². The maximum absolute atomic E-state index is 12.4. The van der Waals surface area contributed by atoms with Crippen LogP contribution in [0.5, 0.6) is 0 Å². The summed E-state index contributed by atoms with van der Waals surface area (Å²) in [6.07, 6.45) is 1.82. The van der Waals surface area contributed by atoms with Gasteiger partial charge in [0.15, 0.2) is 5.82 Å². The zero-order chi connectivity index (χ0) is 24.3. The van der Waals surface area contributed by atoms with Crippen LogP contribution in [0.25, 0.3) is 5.69 Å². The molecule has 0 atom stereocenters. The van der Waals surface area contributed by atoms with Crippen molar-refractivity contribution in [1.82, 2.24) is 34.5 Å². The van der Waals surface area contributed by atoms with Crippen LogP contribution in [0.4, 0.5) is 11.9 Å². The van der Waals surface area contributed by atoms with E-state index in [1.54, 1.807) is 19.0 Å². The molecule has 10 nitrogen and oxygen atoms in total. The van der Waals surface area contributed by atoms with Gasteiger partial charge in [0.2, 0.25) is 17.8 Å². The van der Waals surface area contributed by atoms with Crippen molar-refractivity contribution in [2.24, 2.45) is 5.41 Å². The Kier molecular flexibility index (Phi) is 5.19. The lowest BCUT2D eigenvalue weighted by Gasteiger charge is -2.60. The van der Waals surface area contributed by atoms with Crippen molar-refractivity contribution in [2.45, 2.75) is 20.0 Å². The van der Waals surface area contributed by atoms with Gasteiger partial charge in [0, 0.05) is 69.1 Å². The van der Waals surface area contributed by atoms with Gasteiger partial charge in [-0.25, -0.2) is 9.97 Å². The Balaban J connectivity index is 1.23. The minimum Gasteiger partial charge on any atom is -0.348 e. The minimum atomic E-state index is 0.0542. The molecule has 0 N–H and O–H groups in total. The van der Waals surface area contributed by atoms with E-state index in [-0.39, 0.29) is 11.3 Å². The van der Waals surface area contributed by atoms with E-state index in [9.17, 15) is 4.79 Å². The van der Waals surface area contributed by atoms with Gasteiger partial charge in [-0.15, -0.1) is 10.2 Å². The van der Waals surface area contributed by atoms with E-state index in [1.807, 2.05) is 37.4 Å². The van der Waals surface area contributed by atoms with E-state index in [1.165, 1.54) is 0 Å². The molecule has 5 heterocycles. The lowest BCUT2D eigenvalue weighted by Crippen LogP contribution is -2.73. The summed E-state index contributed by atoms with van der Waals surface area (Å²) < 4.78 is 2.14. The highest BCUT2D eigenvalue weighted by molar-refractivity contribution is 6.30. The van der Waals surface area contributed by atoms with Crippen LogP contribution < -0.4 is 9.80 Å². The SMILES string of the molecule is Cc1ccnc(N2CC3(C2)CN(c2nnc4n2-c2ccc(Cl)cc2CN(CC(=O)N(C)C)C4)C3)n1. The standard InChI is InChI=1S/C24H28ClN9O/c1-16-6-7-26-22(27-16)32-12-24(13-32)14-33(15-24)23-29-28-20-10-31(11-21(35)30(2)3)9-17-8-18(25)4-5-19(17)34(20)23/h4-8H,9-15H2,1-3H3. The first kappa shape index (κ1) is 22.2. The first-order valence-electron chi connectivity index (χ1n) is 11.8. The highest BCUT2D eigenvalue weighted by Crippen LogP contribution is 2.43. The Labute approximate surface area is 209 Å². The van der Waals surface area contributed by atoms with Gasteiger partial charge < -0.3 is 14.7 Å². The van der Waals surface area contributed by atoms with Crippen molar-refractivity contribution in [3.05, 3.63) is 52.6 Å². The number of halogens is 1. The number of fused-ring (bicyclic) bond motifs is 3. The first-order valence-corrected chi connectivity index (χ1v) is 12.1. The highest BCUT2D eigenvalue weighted by Gasteiger charge is 2.54. The van der Waals surface area contributed by atoms with Crippen LogP contribution in [-0.2, 0) is 17.9 Å². The summed E-state index contributed by atoms with van der Waals surface area (Å²) in [5.41, 5.74) is 3.30. The molecule has 2 fully saturated rings. The van der Waals surface area contributed by atoms with Gasteiger partial charge in [-0.1, -0.05) is 11.6 Å². The number of hydrogen-bond donors (Lipinski definition) is 0. The number of carbonyl (C=O) groups is 1. The van der Waals surface area contributed by atoms with E-state index in [0.717, 1.165) is 60.8 Å². The van der Waals surface area contributed by atoms with Crippen molar-refractivity contribution in [1.29, 1.82) is 0 Å². The van der Waals surface area contributed by atoms with Crippen molar-refractivity contribution < 1.29 is 4.79 Å². The fraction of sp³-hybridized carbons (Fsp3) is 0.458. The Hall–Kier alpha value is -3.24. The number of benzene rings is 1. The molecule has 0 radical (unpaired) electrons. The third-order valence-corrected chi connectivity index (χ3v) is 7.30. The molecule has 3 aliphatic heterocycles. The molecule has 35 heavy (non-hydrogen) atoms. The van der Waals surface area contributed by atoms with Crippen LogP contribution in [-0.4, -0.2) is 87.3 Å². The molecule has 2 aromatic heterocycles. The molecule has 1 spiro atoms. The number of hydrogen-bond acceptors (Lipinski definition) is 8. The molecule has 3 aromatic rings. The lowest BCUT2D eigenvalue weighted by atomic mass is 9.73. The van der Waals surface area contributed by atoms with Crippen molar-refractivity contribution in [2.75, 3.05) is 56.6 Å². The van der Waals surface area contributed by atoms with E-state index < -0.39 is 0 Å². The number of rotatable bonds is 4. The summed E-state index contributed by atoms with van der Waals surface area (Å²) in [4.78, 5) is 29.7. The summed E-state index contributed by atoms with van der Waals surface area (Å²) >= 11 is 6.35. The van der Waals surface area contributed by atoms with Gasteiger partial charge in [0.1, 0.15) is 0 Å². The summed E-state index contributed by atoms with van der Waals surface area (Å²) in [7, 11) is 3.55. The maximum atomic E-state index is 12.4. The maximum Gasteiger partial charge on any atom is 0.236 e. The van der Waals surface area contributed by atoms with Crippen LogP contribution in [0.2, 0.25) is 5.02 Å². The largest absolute Gasteiger partial charge is 0.348 e. The van der Waals surface area contributed by atoms with E-state index in [0.29, 0.717) is 24.7 Å². The van der Waals surface area contributed by atoms with Gasteiger partial charge in [-0.05, 0) is 36.8 Å². The number of nitrogens with zero attached hydrogens (tertiary/aromatic N) is 9. The predicted octanol–water partition coefficient (Wildman–Crippen LogP) is 1.75. The number of anilines is 2. The Morgan fingerprint density at radius 1 is 1.09 bits per heavy atom. The summed E-state index contributed by atoms with van der Waals surface area (Å²) in [6, 6.07) is 7.83. The monoisotopic (exact) mass is 493 g/mol. The van der Waals surface area contributed by atoms with Crippen molar-refractivity contribution in [3.63, 3.8) is 0 Å². The number of likely N-dealkylation sites (N-methyl/N-ethyl adjacent to an activating group) is 1. The number of amides is 1. The average Bonchev–Trinajstić information content (AvgIpc) is 3.08. The zero-order valence-corrected chi connectivity index (χ0v) is 20.9. The predicted molar refractivity (Wildman–Crippen MR) is 133 cm³/mol. The third kappa shape index (κ3) is 3.90. The molecule has 182 valence electrons. The van der Waals surface area contributed by atoms with Gasteiger partial charge in [0.25, 0.3) is 0 Å². The fourth-order valence-electron chi connectivity index (χ4n) is 5.30. The zero-order valence-electron chi connectivity index (χ0n) is 20.1. The second-order valence-electron chi connectivity index (χ2n) is 10.2. The molecule has 0 bridgehead atoms. The molecule has 1 amide bonds. The van der Waals surface area contributed by atoms with Crippen molar-refractivity contribution >= 4 is 29.4 Å². The van der Waals surface area contributed by atoms with Crippen LogP contribution in [0, 0.1) is 12.3 Å². The Bertz CT molecular complexity index is 1290. The van der Waals surface area contributed by atoms with Crippen LogP contribution in [0.1, 0.15) is 17.1 Å².